The van der Waals surface area contributed by atoms with Gasteiger partial charge in [-0.05, 0) is 66.6 Å². The molecule has 3 nitrogen and oxygen atoms in total. The van der Waals surface area contributed by atoms with Gasteiger partial charge in [-0.1, -0.05) is 34.1 Å². The molecular formula is C23H19BrN2OS2. The van der Waals surface area contributed by atoms with Crippen LogP contribution >= 0.6 is 39.0 Å². The summed E-state index contributed by atoms with van der Waals surface area (Å²) in [6.07, 6.45) is 0. The first-order valence-electron chi connectivity index (χ1n) is 9.16. The molecule has 6 heteroatoms. The lowest BCUT2D eigenvalue weighted by molar-refractivity contribution is -0.113. The third-order valence-electron chi connectivity index (χ3n) is 4.35. The lowest BCUT2D eigenvalue weighted by Crippen LogP contribution is -2.14. The molecule has 0 aliphatic carbocycles. The van der Waals surface area contributed by atoms with Crippen molar-refractivity contribution in [3.8, 4) is 10.6 Å². The Morgan fingerprint density at radius 2 is 1.93 bits per heavy atom. The number of amides is 1. The van der Waals surface area contributed by atoms with E-state index < -0.39 is 0 Å². The number of hydrogen-bond donors (Lipinski definition) is 1. The van der Waals surface area contributed by atoms with Crippen molar-refractivity contribution in [2.45, 2.75) is 12.7 Å². The van der Waals surface area contributed by atoms with Gasteiger partial charge in [0.1, 0.15) is 5.01 Å². The summed E-state index contributed by atoms with van der Waals surface area (Å²) >= 11 is 6.76. The number of aromatic nitrogens is 1. The summed E-state index contributed by atoms with van der Waals surface area (Å²) in [5.41, 5.74) is 5.33. The fraction of sp³-hybridized carbons (Fsp3) is 0.130. The van der Waals surface area contributed by atoms with Gasteiger partial charge < -0.3 is 5.32 Å². The molecule has 0 bridgehead atoms. The Morgan fingerprint density at radius 3 is 2.72 bits per heavy atom. The van der Waals surface area contributed by atoms with Crippen molar-refractivity contribution in [3.05, 3.63) is 82.3 Å². The van der Waals surface area contributed by atoms with E-state index in [1.807, 2.05) is 36.4 Å². The highest BCUT2D eigenvalue weighted by Crippen LogP contribution is 2.31. The predicted molar refractivity (Wildman–Crippen MR) is 129 cm³/mol. The van der Waals surface area contributed by atoms with Gasteiger partial charge in [-0.15, -0.1) is 23.1 Å². The molecule has 0 fully saturated rings. The smallest absolute Gasteiger partial charge is 0.234 e. The molecule has 1 N–H and O–H groups in total. The summed E-state index contributed by atoms with van der Waals surface area (Å²) < 4.78 is 2.25. The Bertz CT molecular complexity index is 1160. The van der Waals surface area contributed by atoms with Gasteiger partial charge in [-0.3, -0.25) is 4.79 Å². The standard InChI is InChI=1S/C23H19BrN2OS2/c1-15-5-10-20-21(11-15)29-23(26-20)17-6-8-19(9-7-17)25-22(27)14-28-13-16-3-2-4-18(24)12-16/h2-12H,13-14H2,1H3,(H,25,27). The Labute approximate surface area is 186 Å². The zero-order valence-corrected chi connectivity index (χ0v) is 19.0. The lowest BCUT2D eigenvalue weighted by Gasteiger charge is -2.06. The van der Waals surface area contributed by atoms with E-state index >= 15 is 0 Å². The first-order chi connectivity index (χ1) is 14.1. The summed E-state index contributed by atoms with van der Waals surface area (Å²) in [5, 5.41) is 3.96. The van der Waals surface area contributed by atoms with Crippen LogP contribution in [0.3, 0.4) is 0 Å². The van der Waals surface area contributed by atoms with Gasteiger partial charge in [0.25, 0.3) is 0 Å². The van der Waals surface area contributed by atoms with Gasteiger partial charge in [0.2, 0.25) is 5.91 Å². The topological polar surface area (TPSA) is 42.0 Å². The van der Waals surface area contributed by atoms with E-state index in [1.165, 1.54) is 15.8 Å². The molecule has 0 aliphatic heterocycles. The third kappa shape index (κ3) is 5.26. The first-order valence-corrected chi connectivity index (χ1v) is 11.9. The molecule has 1 amide bonds. The van der Waals surface area contributed by atoms with Crippen LogP contribution in [0.5, 0.6) is 0 Å². The van der Waals surface area contributed by atoms with Crippen LogP contribution in [-0.4, -0.2) is 16.6 Å². The van der Waals surface area contributed by atoms with E-state index in [2.05, 4.69) is 58.5 Å². The van der Waals surface area contributed by atoms with Crippen molar-refractivity contribution < 1.29 is 4.79 Å². The number of rotatable bonds is 6. The van der Waals surface area contributed by atoms with E-state index in [4.69, 9.17) is 4.98 Å². The molecule has 0 saturated heterocycles. The van der Waals surface area contributed by atoms with Crippen LogP contribution in [0.15, 0.2) is 71.2 Å². The van der Waals surface area contributed by atoms with Crippen LogP contribution in [0.4, 0.5) is 5.69 Å². The maximum Gasteiger partial charge on any atom is 0.234 e. The predicted octanol–water partition coefficient (Wildman–Crippen LogP) is 6.91. The molecule has 0 atom stereocenters. The zero-order chi connectivity index (χ0) is 20.2. The van der Waals surface area contributed by atoms with Crippen LogP contribution in [0.25, 0.3) is 20.8 Å². The summed E-state index contributed by atoms with van der Waals surface area (Å²) in [6.45, 7) is 2.09. The highest BCUT2D eigenvalue weighted by molar-refractivity contribution is 9.10. The van der Waals surface area contributed by atoms with Crippen molar-refractivity contribution in [3.63, 3.8) is 0 Å². The highest BCUT2D eigenvalue weighted by atomic mass is 79.9. The molecule has 0 saturated carbocycles. The molecule has 0 radical (unpaired) electrons. The minimum atomic E-state index is 0.00760. The quantitative estimate of drug-likeness (QED) is 0.324. The van der Waals surface area contributed by atoms with E-state index in [1.54, 1.807) is 23.1 Å². The Morgan fingerprint density at radius 1 is 1.10 bits per heavy atom. The molecule has 146 valence electrons. The molecule has 1 heterocycles. The monoisotopic (exact) mass is 482 g/mol. The van der Waals surface area contributed by atoms with Gasteiger partial charge in [0.15, 0.2) is 0 Å². The van der Waals surface area contributed by atoms with Crippen molar-refractivity contribution >= 4 is 60.8 Å². The van der Waals surface area contributed by atoms with Crippen LogP contribution in [0.2, 0.25) is 0 Å². The number of benzene rings is 3. The van der Waals surface area contributed by atoms with Crippen molar-refractivity contribution in [1.29, 1.82) is 0 Å². The Balaban J connectivity index is 1.34. The summed E-state index contributed by atoms with van der Waals surface area (Å²) in [6, 6.07) is 22.3. The van der Waals surface area contributed by atoms with Gasteiger partial charge in [-0.2, -0.15) is 0 Å². The van der Waals surface area contributed by atoms with E-state index in [0.717, 1.165) is 32.0 Å². The maximum atomic E-state index is 12.2. The normalized spacial score (nSPS) is 11.0. The van der Waals surface area contributed by atoms with E-state index in [0.29, 0.717) is 5.75 Å². The number of carbonyl (C=O) groups is 1. The largest absolute Gasteiger partial charge is 0.325 e. The lowest BCUT2D eigenvalue weighted by atomic mass is 10.2. The van der Waals surface area contributed by atoms with Crippen LogP contribution in [0, 0.1) is 6.92 Å². The SMILES string of the molecule is Cc1ccc2nc(-c3ccc(NC(=O)CSCc4cccc(Br)c4)cc3)sc2c1. The van der Waals surface area contributed by atoms with Crippen molar-refractivity contribution in [2.75, 3.05) is 11.1 Å². The molecule has 4 rings (SSSR count). The number of thiazole rings is 1. The molecule has 29 heavy (non-hydrogen) atoms. The fourth-order valence-electron chi connectivity index (χ4n) is 2.94. The van der Waals surface area contributed by atoms with Crippen LogP contribution < -0.4 is 5.32 Å². The summed E-state index contributed by atoms with van der Waals surface area (Å²) in [4.78, 5) is 16.9. The van der Waals surface area contributed by atoms with Crippen molar-refractivity contribution in [2.24, 2.45) is 0 Å². The van der Waals surface area contributed by atoms with Crippen LogP contribution in [0.1, 0.15) is 11.1 Å². The Kier molecular flexibility index (Phi) is 6.33. The molecular weight excluding hydrogens is 464 g/mol. The molecule has 0 aliphatic rings. The van der Waals surface area contributed by atoms with Gasteiger partial charge >= 0.3 is 0 Å². The highest BCUT2D eigenvalue weighted by Gasteiger charge is 2.08. The van der Waals surface area contributed by atoms with Gasteiger partial charge in [0, 0.05) is 21.5 Å². The summed E-state index contributed by atoms with van der Waals surface area (Å²) in [5.74, 6) is 1.24. The molecule has 3 aromatic carbocycles. The van der Waals surface area contributed by atoms with E-state index in [-0.39, 0.29) is 5.91 Å². The number of aryl methyl sites for hydroxylation is 1. The minimum absolute atomic E-state index is 0.00760. The number of hydrogen-bond acceptors (Lipinski definition) is 4. The number of fused-ring (bicyclic) bond motifs is 1. The molecule has 4 aromatic rings. The number of halogens is 1. The number of anilines is 1. The summed E-state index contributed by atoms with van der Waals surface area (Å²) in [7, 11) is 0. The molecule has 0 unspecified atom stereocenters. The average molecular weight is 483 g/mol. The molecule has 1 aromatic heterocycles. The maximum absolute atomic E-state index is 12.2. The minimum Gasteiger partial charge on any atom is -0.325 e. The first kappa shape index (κ1) is 20.1. The number of thioether (sulfide) groups is 1. The zero-order valence-electron chi connectivity index (χ0n) is 15.8. The third-order valence-corrected chi connectivity index (χ3v) is 6.91. The fourth-order valence-corrected chi connectivity index (χ4v) is 5.23. The average Bonchev–Trinajstić information content (AvgIpc) is 3.12. The van der Waals surface area contributed by atoms with E-state index in [9.17, 15) is 4.79 Å². The second-order valence-electron chi connectivity index (χ2n) is 6.74. The van der Waals surface area contributed by atoms with Gasteiger partial charge in [0.05, 0.1) is 16.0 Å². The second-order valence-corrected chi connectivity index (χ2v) is 9.67. The Hall–Kier alpha value is -2.15. The molecule has 0 spiro atoms. The number of nitrogens with one attached hydrogen (secondary N) is 1. The van der Waals surface area contributed by atoms with Crippen LogP contribution in [-0.2, 0) is 10.5 Å². The van der Waals surface area contributed by atoms with Crippen molar-refractivity contribution in [1.82, 2.24) is 4.98 Å². The number of nitrogens with zero attached hydrogens (tertiary/aromatic N) is 1. The number of carbonyl (C=O) groups excluding carboxylic acids is 1. The second kappa shape index (κ2) is 9.11. The van der Waals surface area contributed by atoms with Gasteiger partial charge in [-0.25, -0.2) is 4.98 Å².